The third-order valence-corrected chi connectivity index (χ3v) is 6.28. The van der Waals surface area contributed by atoms with E-state index < -0.39 is 0 Å². The molecule has 5 rings (SSSR count). The van der Waals surface area contributed by atoms with Crippen LogP contribution in [0, 0.1) is 11.8 Å². The van der Waals surface area contributed by atoms with Crippen LogP contribution in [0.5, 0.6) is 0 Å². The number of hydrogen-bond acceptors (Lipinski definition) is 0. The van der Waals surface area contributed by atoms with Crippen LogP contribution in [-0.2, 0) is 0 Å². The molecule has 0 heteroatoms. The van der Waals surface area contributed by atoms with Gasteiger partial charge in [0.05, 0.1) is 0 Å². The van der Waals surface area contributed by atoms with Crippen LogP contribution in [0.3, 0.4) is 0 Å². The highest BCUT2D eigenvalue weighted by molar-refractivity contribution is 5.96. The van der Waals surface area contributed by atoms with Gasteiger partial charge in [-0.25, -0.2) is 0 Å². The molecule has 3 unspecified atom stereocenters. The normalized spacial score (nSPS) is 24.7. The van der Waals surface area contributed by atoms with Crippen LogP contribution in [0.4, 0.5) is 0 Å². The third-order valence-electron chi connectivity index (χ3n) is 6.28. The van der Waals surface area contributed by atoms with E-state index in [0.29, 0.717) is 11.8 Å². The van der Waals surface area contributed by atoms with Gasteiger partial charge in [0, 0.05) is 5.92 Å². The third kappa shape index (κ3) is 2.61. The van der Waals surface area contributed by atoms with Crippen molar-refractivity contribution in [3.8, 4) is 0 Å². The fraction of sp³-hybridized carbons (Fsp3) is 0.231. The maximum atomic E-state index is 2.33. The zero-order valence-corrected chi connectivity index (χ0v) is 15.0. The van der Waals surface area contributed by atoms with Crippen LogP contribution >= 0.6 is 0 Å². The lowest BCUT2D eigenvalue weighted by atomic mass is 9.68. The van der Waals surface area contributed by atoms with Gasteiger partial charge in [-0.05, 0) is 58.9 Å². The molecule has 1 fully saturated rings. The van der Waals surface area contributed by atoms with Crippen molar-refractivity contribution >= 4 is 11.1 Å². The van der Waals surface area contributed by atoms with Crippen LogP contribution in [-0.4, -0.2) is 0 Å². The molecule has 2 aliphatic carbocycles. The first-order valence-electron chi connectivity index (χ1n) is 9.81. The predicted molar refractivity (Wildman–Crippen MR) is 110 cm³/mol. The molecule has 0 radical (unpaired) electrons. The molecule has 1 saturated carbocycles. The summed E-state index contributed by atoms with van der Waals surface area (Å²) in [5.41, 5.74) is 7.46. The van der Waals surface area contributed by atoms with Crippen LogP contribution in [0.25, 0.3) is 11.1 Å². The second-order valence-electron chi connectivity index (χ2n) is 7.72. The maximum absolute atomic E-state index is 2.33. The van der Waals surface area contributed by atoms with Gasteiger partial charge in [0.2, 0.25) is 0 Å². The Bertz CT molecular complexity index is 906. The molecule has 3 aromatic carbocycles. The highest BCUT2D eigenvalue weighted by atomic mass is 14.5. The van der Waals surface area contributed by atoms with Gasteiger partial charge < -0.3 is 0 Å². The molecule has 26 heavy (non-hydrogen) atoms. The summed E-state index contributed by atoms with van der Waals surface area (Å²) in [5, 5.41) is 0. The number of benzene rings is 3. The van der Waals surface area contributed by atoms with E-state index in [0.717, 1.165) is 5.92 Å². The lowest BCUT2D eigenvalue weighted by molar-refractivity contribution is 0.480. The minimum absolute atomic E-state index is 0.507. The average molecular weight is 336 g/mol. The van der Waals surface area contributed by atoms with Gasteiger partial charge in [0.25, 0.3) is 0 Å². The van der Waals surface area contributed by atoms with Crippen molar-refractivity contribution in [1.82, 2.24) is 0 Å². The number of rotatable bonds is 3. The molecule has 2 bridgehead atoms. The minimum Gasteiger partial charge on any atom is -0.0622 e. The molecule has 0 spiro atoms. The molecule has 0 nitrogen and oxygen atoms in total. The fourth-order valence-corrected chi connectivity index (χ4v) is 5.27. The molecule has 2 aliphatic rings. The van der Waals surface area contributed by atoms with Gasteiger partial charge >= 0.3 is 0 Å². The molecule has 128 valence electrons. The van der Waals surface area contributed by atoms with Crippen LogP contribution < -0.4 is 0 Å². The average Bonchev–Trinajstić information content (AvgIpc) is 3.13. The minimum atomic E-state index is 0.507. The monoisotopic (exact) mass is 336 g/mol. The summed E-state index contributed by atoms with van der Waals surface area (Å²) < 4.78 is 0. The molecule has 0 aromatic heterocycles. The summed E-state index contributed by atoms with van der Waals surface area (Å²) in [6.07, 6.45) is 4.01. The smallest absolute Gasteiger partial charge is 0.0127 e. The molecule has 0 amide bonds. The standard InChI is InChI=1S/C26H24/c1-4-10-19(11-5-1)24-22-16-17-23(18-22)25(20-12-6-2-7-13-20)26(24)21-14-8-3-9-15-21/h1-15,22-24H,16-18H2. The van der Waals surface area contributed by atoms with Crippen LogP contribution in [0.2, 0.25) is 0 Å². The molecule has 3 atom stereocenters. The summed E-state index contributed by atoms with van der Waals surface area (Å²) in [7, 11) is 0. The van der Waals surface area contributed by atoms with Gasteiger partial charge in [-0.1, -0.05) is 91.0 Å². The van der Waals surface area contributed by atoms with E-state index in [9.17, 15) is 0 Å². The van der Waals surface area contributed by atoms with E-state index in [4.69, 9.17) is 0 Å². The van der Waals surface area contributed by atoms with Gasteiger partial charge in [0.15, 0.2) is 0 Å². The SMILES string of the molecule is c1ccc(C2=C(c3ccccc3)C(c3ccccc3)C3CCC2C3)cc1. The highest BCUT2D eigenvalue weighted by Gasteiger charge is 2.42. The molecule has 3 aromatic rings. The fourth-order valence-electron chi connectivity index (χ4n) is 5.27. The lowest BCUT2D eigenvalue weighted by Gasteiger charge is -2.35. The van der Waals surface area contributed by atoms with E-state index in [-0.39, 0.29) is 0 Å². The number of fused-ring (bicyclic) bond motifs is 2. The van der Waals surface area contributed by atoms with Crippen molar-refractivity contribution in [2.24, 2.45) is 11.8 Å². The van der Waals surface area contributed by atoms with E-state index >= 15 is 0 Å². The number of allylic oxidation sites excluding steroid dienone is 2. The Morgan fingerprint density at radius 1 is 0.538 bits per heavy atom. The Labute approximate surface area is 156 Å². The molecule has 0 N–H and O–H groups in total. The van der Waals surface area contributed by atoms with E-state index in [1.54, 1.807) is 11.1 Å². The zero-order valence-electron chi connectivity index (χ0n) is 15.0. The Kier molecular flexibility index (Phi) is 3.97. The first-order chi connectivity index (χ1) is 12.9. The van der Waals surface area contributed by atoms with Crippen LogP contribution in [0.15, 0.2) is 91.0 Å². The molecular weight excluding hydrogens is 312 g/mol. The maximum Gasteiger partial charge on any atom is 0.0127 e. The highest BCUT2D eigenvalue weighted by Crippen LogP contribution is 2.58. The molecule has 0 saturated heterocycles. The van der Waals surface area contributed by atoms with Gasteiger partial charge in [-0.2, -0.15) is 0 Å². The van der Waals surface area contributed by atoms with E-state index in [1.165, 1.54) is 36.0 Å². The lowest BCUT2D eigenvalue weighted by Crippen LogP contribution is -2.19. The van der Waals surface area contributed by atoms with Crippen molar-refractivity contribution in [1.29, 1.82) is 0 Å². The van der Waals surface area contributed by atoms with Crippen molar-refractivity contribution in [3.05, 3.63) is 108 Å². The first-order valence-corrected chi connectivity index (χ1v) is 9.81. The summed E-state index contributed by atoms with van der Waals surface area (Å²) >= 11 is 0. The topological polar surface area (TPSA) is 0 Å². The van der Waals surface area contributed by atoms with Crippen molar-refractivity contribution in [2.75, 3.05) is 0 Å². The van der Waals surface area contributed by atoms with E-state index in [2.05, 4.69) is 91.0 Å². The number of hydrogen-bond donors (Lipinski definition) is 0. The van der Waals surface area contributed by atoms with Gasteiger partial charge in [-0.15, -0.1) is 0 Å². The Morgan fingerprint density at radius 2 is 1.08 bits per heavy atom. The summed E-state index contributed by atoms with van der Waals surface area (Å²) in [6, 6.07) is 33.4. The van der Waals surface area contributed by atoms with Crippen molar-refractivity contribution < 1.29 is 0 Å². The van der Waals surface area contributed by atoms with E-state index in [1.807, 2.05) is 0 Å². The van der Waals surface area contributed by atoms with Gasteiger partial charge in [-0.3, -0.25) is 0 Å². The summed E-state index contributed by atoms with van der Waals surface area (Å²) in [6.45, 7) is 0. The quantitative estimate of drug-likeness (QED) is 0.493. The Morgan fingerprint density at radius 3 is 1.69 bits per heavy atom. The second-order valence-corrected chi connectivity index (χ2v) is 7.72. The van der Waals surface area contributed by atoms with Crippen molar-refractivity contribution in [2.45, 2.75) is 25.2 Å². The molecular formula is C26H24. The largest absolute Gasteiger partial charge is 0.0622 e. The van der Waals surface area contributed by atoms with Gasteiger partial charge in [0.1, 0.15) is 0 Å². The first kappa shape index (κ1) is 15.6. The second kappa shape index (κ2) is 6.61. The van der Waals surface area contributed by atoms with Crippen molar-refractivity contribution in [3.63, 3.8) is 0 Å². The Balaban J connectivity index is 1.78. The van der Waals surface area contributed by atoms with Crippen LogP contribution in [0.1, 0.15) is 41.9 Å². The molecule has 0 heterocycles. The zero-order chi connectivity index (χ0) is 17.3. The predicted octanol–water partition coefficient (Wildman–Crippen LogP) is 6.81. The summed E-state index contributed by atoms with van der Waals surface area (Å²) in [5.74, 6) is 1.98. The Hall–Kier alpha value is -2.60. The summed E-state index contributed by atoms with van der Waals surface area (Å²) in [4.78, 5) is 0. The molecule has 0 aliphatic heterocycles.